The molecule has 0 unspecified atom stereocenters. The molecule has 2 aromatic carbocycles. The number of carbonyl (C=O) groups is 2. The van der Waals surface area contributed by atoms with E-state index in [1.807, 2.05) is 54.3 Å². The summed E-state index contributed by atoms with van der Waals surface area (Å²) in [5, 5.41) is 8.65. The highest BCUT2D eigenvalue weighted by atomic mass is 19.1. The summed E-state index contributed by atoms with van der Waals surface area (Å²) in [6.07, 6.45) is 1.81. The maximum Gasteiger partial charge on any atom is 0.242 e. The lowest BCUT2D eigenvalue weighted by molar-refractivity contribution is -0.143. The molecule has 2 amide bonds. The van der Waals surface area contributed by atoms with E-state index < -0.39 is 0 Å². The molecule has 5 rings (SSSR count). The molecule has 1 aliphatic heterocycles. The van der Waals surface area contributed by atoms with Crippen LogP contribution in [0.15, 0.2) is 66.7 Å². The zero-order valence-electron chi connectivity index (χ0n) is 20.4. The van der Waals surface area contributed by atoms with Crippen molar-refractivity contribution < 1.29 is 14.0 Å². The number of benzene rings is 2. The molecule has 1 atom stereocenters. The number of rotatable bonds is 7. The summed E-state index contributed by atoms with van der Waals surface area (Å²) in [6, 6.07) is 19.7. The van der Waals surface area contributed by atoms with E-state index in [2.05, 4.69) is 15.1 Å². The molecule has 8 heteroatoms. The summed E-state index contributed by atoms with van der Waals surface area (Å²) in [5.41, 5.74) is 2.52. The Hall–Kier alpha value is -3.81. The van der Waals surface area contributed by atoms with Crippen LogP contribution in [0.3, 0.4) is 0 Å². The van der Waals surface area contributed by atoms with Crippen LogP contribution in [0.5, 0.6) is 0 Å². The Bertz CT molecular complexity index is 1190. The SMILES string of the molecule is C[C@H](c1ccccc1)N(CC(=O)N1CCN(c2ccc(-c3ccc(F)cc3)nn2)CC1)C(=O)C1CC1. The van der Waals surface area contributed by atoms with Crippen LogP contribution in [0, 0.1) is 11.7 Å². The van der Waals surface area contributed by atoms with Crippen molar-refractivity contribution in [3.63, 3.8) is 0 Å². The fraction of sp³-hybridized carbons (Fsp3) is 0.357. The van der Waals surface area contributed by atoms with Crippen LogP contribution in [-0.4, -0.2) is 64.5 Å². The fourth-order valence-electron chi connectivity index (χ4n) is 4.58. The van der Waals surface area contributed by atoms with Gasteiger partial charge in [-0.3, -0.25) is 9.59 Å². The maximum absolute atomic E-state index is 13.2. The van der Waals surface area contributed by atoms with Gasteiger partial charge in [0.15, 0.2) is 5.82 Å². The minimum absolute atomic E-state index is 0.0239. The summed E-state index contributed by atoms with van der Waals surface area (Å²) >= 11 is 0. The van der Waals surface area contributed by atoms with Crippen molar-refractivity contribution in [2.45, 2.75) is 25.8 Å². The Morgan fingerprint density at radius 2 is 1.64 bits per heavy atom. The van der Waals surface area contributed by atoms with Crippen molar-refractivity contribution in [2.24, 2.45) is 5.92 Å². The molecule has 3 aromatic rings. The molecule has 0 radical (unpaired) electrons. The quantitative estimate of drug-likeness (QED) is 0.505. The highest BCUT2D eigenvalue weighted by molar-refractivity contribution is 5.87. The van der Waals surface area contributed by atoms with Gasteiger partial charge in [0, 0.05) is 37.7 Å². The van der Waals surface area contributed by atoms with Gasteiger partial charge in [0.05, 0.1) is 11.7 Å². The molecule has 1 saturated heterocycles. The van der Waals surface area contributed by atoms with E-state index in [0.29, 0.717) is 31.9 Å². The number of carbonyl (C=O) groups excluding carboxylic acids is 2. The van der Waals surface area contributed by atoms with E-state index >= 15 is 0 Å². The van der Waals surface area contributed by atoms with Crippen molar-refractivity contribution in [3.8, 4) is 11.3 Å². The van der Waals surface area contributed by atoms with Gasteiger partial charge in [-0.2, -0.15) is 0 Å². The first kappa shape index (κ1) is 23.9. The third-order valence-electron chi connectivity index (χ3n) is 7.01. The zero-order valence-corrected chi connectivity index (χ0v) is 20.4. The van der Waals surface area contributed by atoms with Crippen LogP contribution in [-0.2, 0) is 9.59 Å². The lowest BCUT2D eigenvalue weighted by Crippen LogP contribution is -2.52. The van der Waals surface area contributed by atoms with Crippen molar-refractivity contribution in [1.29, 1.82) is 0 Å². The number of halogens is 1. The van der Waals surface area contributed by atoms with Crippen molar-refractivity contribution >= 4 is 17.6 Å². The average molecular weight is 488 g/mol. The molecule has 36 heavy (non-hydrogen) atoms. The molecule has 2 fully saturated rings. The minimum atomic E-state index is -0.287. The molecule has 2 heterocycles. The maximum atomic E-state index is 13.2. The predicted octanol–water partition coefficient (Wildman–Crippen LogP) is 3.93. The molecule has 7 nitrogen and oxygen atoms in total. The number of amides is 2. The second-order valence-electron chi connectivity index (χ2n) is 9.48. The first-order valence-corrected chi connectivity index (χ1v) is 12.5. The van der Waals surface area contributed by atoms with Crippen LogP contribution in [0.2, 0.25) is 0 Å². The number of nitrogens with zero attached hydrogens (tertiary/aromatic N) is 5. The van der Waals surface area contributed by atoms with E-state index in [9.17, 15) is 14.0 Å². The summed E-state index contributed by atoms with van der Waals surface area (Å²) in [4.78, 5) is 31.9. The molecule has 0 bridgehead atoms. The topological polar surface area (TPSA) is 69.6 Å². The lowest BCUT2D eigenvalue weighted by atomic mass is 10.1. The standard InChI is InChI=1S/C28H30FN5O2/c1-20(21-5-3-2-4-6-21)34(28(36)23-7-8-23)19-27(35)33-17-15-32(16-18-33)26-14-13-25(30-31-26)22-9-11-24(29)12-10-22/h2-6,9-14,20,23H,7-8,15-19H2,1H3/t20-/m1/s1. The molecule has 0 N–H and O–H groups in total. The van der Waals surface area contributed by atoms with Crippen LogP contribution in [0.4, 0.5) is 10.2 Å². The third kappa shape index (κ3) is 5.37. The highest BCUT2D eigenvalue weighted by Gasteiger charge is 2.37. The Morgan fingerprint density at radius 1 is 0.944 bits per heavy atom. The van der Waals surface area contributed by atoms with Crippen LogP contribution in [0.25, 0.3) is 11.3 Å². The molecule has 2 aliphatic rings. The number of anilines is 1. The van der Waals surface area contributed by atoms with Crippen LogP contribution >= 0.6 is 0 Å². The molecule has 1 aliphatic carbocycles. The largest absolute Gasteiger partial charge is 0.352 e. The van der Waals surface area contributed by atoms with Gasteiger partial charge in [-0.25, -0.2) is 4.39 Å². The fourth-order valence-corrected chi connectivity index (χ4v) is 4.58. The minimum Gasteiger partial charge on any atom is -0.352 e. The lowest BCUT2D eigenvalue weighted by Gasteiger charge is -2.37. The monoisotopic (exact) mass is 487 g/mol. The smallest absolute Gasteiger partial charge is 0.242 e. The number of aromatic nitrogens is 2. The normalized spacial score (nSPS) is 16.5. The Balaban J connectivity index is 1.19. The van der Waals surface area contributed by atoms with E-state index in [1.165, 1.54) is 12.1 Å². The third-order valence-corrected chi connectivity index (χ3v) is 7.01. The molecule has 1 aromatic heterocycles. The second-order valence-corrected chi connectivity index (χ2v) is 9.48. The van der Waals surface area contributed by atoms with E-state index in [1.54, 1.807) is 17.0 Å². The van der Waals surface area contributed by atoms with E-state index in [4.69, 9.17) is 0 Å². The Labute approximate surface area is 210 Å². The van der Waals surface area contributed by atoms with Gasteiger partial charge in [-0.1, -0.05) is 30.3 Å². The average Bonchev–Trinajstić information content (AvgIpc) is 3.78. The molecular weight excluding hydrogens is 457 g/mol. The second kappa shape index (κ2) is 10.4. The number of piperazine rings is 1. The van der Waals surface area contributed by atoms with Gasteiger partial charge in [-0.05, 0) is 61.7 Å². The molecule has 0 spiro atoms. The van der Waals surface area contributed by atoms with Crippen LogP contribution < -0.4 is 4.90 Å². The first-order chi connectivity index (χ1) is 17.5. The van der Waals surface area contributed by atoms with Gasteiger partial charge < -0.3 is 14.7 Å². The molecule has 186 valence electrons. The van der Waals surface area contributed by atoms with Gasteiger partial charge in [0.1, 0.15) is 12.4 Å². The van der Waals surface area contributed by atoms with Gasteiger partial charge >= 0.3 is 0 Å². The Morgan fingerprint density at radius 3 is 2.25 bits per heavy atom. The first-order valence-electron chi connectivity index (χ1n) is 12.5. The molecular formula is C28H30FN5O2. The predicted molar refractivity (Wildman–Crippen MR) is 136 cm³/mol. The molecule has 1 saturated carbocycles. The van der Waals surface area contributed by atoms with Gasteiger partial charge in [-0.15, -0.1) is 10.2 Å². The van der Waals surface area contributed by atoms with Crippen molar-refractivity contribution in [1.82, 2.24) is 20.0 Å². The summed E-state index contributed by atoms with van der Waals surface area (Å²) in [6.45, 7) is 4.49. The van der Waals surface area contributed by atoms with Crippen molar-refractivity contribution in [2.75, 3.05) is 37.6 Å². The summed E-state index contributed by atoms with van der Waals surface area (Å²) in [7, 11) is 0. The Kier molecular flexibility index (Phi) is 6.93. The van der Waals surface area contributed by atoms with Gasteiger partial charge in [0.25, 0.3) is 0 Å². The van der Waals surface area contributed by atoms with Gasteiger partial charge in [0.2, 0.25) is 11.8 Å². The van der Waals surface area contributed by atoms with Crippen molar-refractivity contribution in [3.05, 3.63) is 78.1 Å². The zero-order chi connectivity index (χ0) is 25.1. The number of hydrogen-bond acceptors (Lipinski definition) is 5. The van der Waals surface area contributed by atoms with E-state index in [0.717, 1.165) is 29.8 Å². The van der Waals surface area contributed by atoms with Crippen LogP contribution in [0.1, 0.15) is 31.4 Å². The number of hydrogen-bond donors (Lipinski definition) is 0. The van der Waals surface area contributed by atoms with E-state index in [-0.39, 0.29) is 36.1 Å². The summed E-state index contributed by atoms with van der Waals surface area (Å²) in [5.74, 6) is 0.567. The highest BCUT2D eigenvalue weighted by Crippen LogP contribution is 2.34. The summed E-state index contributed by atoms with van der Waals surface area (Å²) < 4.78 is 13.2.